The van der Waals surface area contributed by atoms with Gasteiger partial charge in [0.2, 0.25) is 0 Å². The average molecular weight is 249 g/mol. The van der Waals surface area contributed by atoms with E-state index in [2.05, 4.69) is 0 Å². The molecule has 5 nitrogen and oxygen atoms in total. The highest BCUT2D eigenvalue weighted by Crippen LogP contribution is 2.23. The molecule has 1 aromatic carbocycles. The van der Waals surface area contributed by atoms with E-state index in [0.717, 1.165) is 0 Å². The van der Waals surface area contributed by atoms with Crippen LogP contribution in [0.3, 0.4) is 0 Å². The molecule has 18 heavy (non-hydrogen) atoms. The third-order valence-electron chi connectivity index (χ3n) is 3.17. The van der Waals surface area contributed by atoms with Crippen LogP contribution >= 0.6 is 0 Å². The number of rotatable bonds is 3. The van der Waals surface area contributed by atoms with Gasteiger partial charge in [-0.05, 0) is 18.4 Å². The number of nitrogens with zero attached hydrogens (tertiary/aromatic N) is 1. The van der Waals surface area contributed by atoms with Crippen LogP contribution in [0.15, 0.2) is 30.3 Å². The number of hydrogen-bond acceptors (Lipinski definition) is 3. The first kappa shape index (κ1) is 12.6. The Balaban J connectivity index is 2.14. The molecule has 1 aliphatic heterocycles. The van der Waals surface area contributed by atoms with E-state index < -0.39 is 24.0 Å². The smallest absolute Gasteiger partial charge is 0.326 e. The summed E-state index contributed by atoms with van der Waals surface area (Å²) in [5, 5.41) is 19.0. The van der Waals surface area contributed by atoms with Crippen molar-refractivity contribution >= 4 is 11.9 Å². The number of carboxylic acid groups (broad SMARTS) is 1. The van der Waals surface area contributed by atoms with Crippen molar-refractivity contribution in [3.05, 3.63) is 35.9 Å². The second-order valence-corrected chi connectivity index (χ2v) is 4.34. The second-order valence-electron chi connectivity index (χ2n) is 4.34. The SMILES string of the molecule is O=C(O)[C@@H]1CCCN1C(=O)C(O)c1ccccc1. The maximum Gasteiger partial charge on any atom is 0.326 e. The first-order chi connectivity index (χ1) is 8.61. The van der Waals surface area contributed by atoms with Gasteiger partial charge in [-0.2, -0.15) is 0 Å². The highest BCUT2D eigenvalue weighted by molar-refractivity contribution is 5.87. The van der Waals surface area contributed by atoms with Crippen molar-refractivity contribution < 1.29 is 19.8 Å². The molecule has 0 aromatic heterocycles. The lowest BCUT2D eigenvalue weighted by atomic mass is 10.1. The summed E-state index contributed by atoms with van der Waals surface area (Å²) in [6.45, 7) is 0.389. The van der Waals surface area contributed by atoms with Crippen LogP contribution in [0.4, 0.5) is 0 Å². The van der Waals surface area contributed by atoms with Gasteiger partial charge in [0.15, 0.2) is 6.10 Å². The number of carbonyl (C=O) groups is 2. The molecule has 1 heterocycles. The van der Waals surface area contributed by atoms with E-state index in [1.807, 2.05) is 0 Å². The molecule has 1 aliphatic rings. The summed E-state index contributed by atoms with van der Waals surface area (Å²) in [5.74, 6) is -1.55. The van der Waals surface area contributed by atoms with Crippen LogP contribution in [0.1, 0.15) is 24.5 Å². The summed E-state index contributed by atoms with van der Waals surface area (Å²) in [6.07, 6.45) is -0.182. The second kappa shape index (κ2) is 5.18. The van der Waals surface area contributed by atoms with Gasteiger partial charge in [-0.15, -0.1) is 0 Å². The Morgan fingerprint density at radius 1 is 1.28 bits per heavy atom. The third kappa shape index (κ3) is 2.36. The number of aliphatic hydroxyl groups is 1. The average Bonchev–Trinajstić information content (AvgIpc) is 2.87. The summed E-state index contributed by atoms with van der Waals surface area (Å²) >= 11 is 0. The Hall–Kier alpha value is -1.88. The molecule has 96 valence electrons. The van der Waals surface area contributed by atoms with Crippen LogP contribution in [0, 0.1) is 0 Å². The molecule has 5 heteroatoms. The Kier molecular flexibility index (Phi) is 3.62. The molecular formula is C13H15NO4. The zero-order valence-corrected chi connectivity index (χ0v) is 9.82. The van der Waals surface area contributed by atoms with E-state index in [1.165, 1.54) is 4.90 Å². The van der Waals surface area contributed by atoms with Gasteiger partial charge in [0.25, 0.3) is 5.91 Å². The molecule has 1 unspecified atom stereocenters. The molecule has 0 saturated carbocycles. The number of carbonyl (C=O) groups excluding carboxylic acids is 1. The van der Waals surface area contributed by atoms with Gasteiger partial charge in [-0.25, -0.2) is 4.79 Å². The van der Waals surface area contributed by atoms with Crippen molar-refractivity contribution in [2.75, 3.05) is 6.54 Å². The van der Waals surface area contributed by atoms with E-state index in [-0.39, 0.29) is 0 Å². The summed E-state index contributed by atoms with van der Waals surface area (Å²) in [7, 11) is 0. The normalized spacial score (nSPS) is 20.7. The Morgan fingerprint density at radius 3 is 2.56 bits per heavy atom. The number of likely N-dealkylation sites (tertiary alicyclic amines) is 1. The van der Waals surface area contributed by atoms with E-state index in [4.69, 9.17) is 5.11 Å². The summed E-state index contributed by atoms with van der Waals surface area (Å²) in [5.41, 5.74) is 0.485. The quantitative estimate of drug-likeness (QED) is 0.830. The molecule has 1 aromatic rings. The number of aliphatic carboxylic acids is 1. The van der Waals surface area contributed by atoms with Crippen LogP contribution in [-0.2, 0) is 9.59 Å². The lowest BCUT2D eigenvalue weighted by Gasteiger charge is -2.24. The maximum atomic E-state index is 12.1. The molecule has 0 bridgehead atoms. The summed E-state index contributed by atoms with van der Waals surface area (Å²) in [6, 6.07) is 7.73. The predicted molar refractivity (Wildman–Crippen MR) is 63.8 cm³/mol. The first-order valence-corrected chi connectivity index (χ1v) is 5.87. The molecule has 1 saturated heterocycles. The van der Waals surface area contributed by atoms with Crippen molar-refractivity contribution in [3.63, 3.8) is 0 Å². The van der Waals surface area contributed by atoms with Gasteiger partial charge >= 0.3 is 5.97 Å². The fourth-order valence-electron chi connectivity index (χ4n) is 2.22. The summed E-state index contributed by atoms with van der Waals surface area (Å²) in [4.78, 5) is 24.3. The molecular weight excluding hydrogens is 234 g/mol. The number of amides is 1. The fourth-order valence-corrected chi connectivity index (χ4v) is 2.22. The van der Waals surface area contributed by atoms with Gasteiger partial charge in [0, 0.05) is 6.54 Å². The van der Waals surface area contributed by atoms with Gasteiger partial charge in [-0.1, -0.05) is 30.3 Å². The van der Waals surface area contributed by atoms with Gasteiger partial charge < -0.3 is 15.1 Å². The summed E-state index contributed by atoms with van der Waals surface area (Å²) < 4.78 is 0. The molecule has 2 rings (SSSR count). The largest absolute Gasteiger partial charge is 0.480 e. The number of carboxylic acids is 1. The number of benzene rings is 1. The van der Waals surface area contributed by atoms with Crippen LogP contribution in [0.2, 0.25) is 0 Å². The standard InChI is InChI=1S/C13H15NO4/c15-11(9-5-2-1-3-6-9)12(16)14-8-4-7-10(14)13(17)18/h1-3,5-6,10-11,15H,4,7-8H2,(H,17,18)/t10-,11?/m0/s1. The van der Waals surface area contributed by atoms with E-state index >= 15 is 0 Å². The van der Waals surface area contributed by atoms with E-state index in [0.29, 0.717) is 24.9 Å². The Morgan fingerprint density at radius 2 is 1.94 bits per heavy atom. The fraction of sp³-hybridized carbons (Fsp3) is 0.385. The van der Waals surface area contributed by atoms with E-state index in [1.54, 1.807) is 30.3 Å². The molecule has 1 fully saturated rings. The van der Waals surface area contributed by atoms with Crippen LogP contribution in [0.5, 0.6) is 0 Å². The third-order valence-corrected chi connectivity index (χ3v) is 3.17. The lowest BCUT2D eigenvalue weighted by Crippen LogP contribution is -2.42. The molecule has 0 radical (unpaired) electrons. The van der Waals surface area contributed by atoms with Gasteiger partial charge in [0.1, 0.15) is 6.04 Å². The monoisotopic (exact) mass is 249 g/mol. The minimum absolute atomic E-state index is 0.389. The Labute approximate surface area is 105 Å². The van der Waals surface area contributed by atoms with Crippen molar-refractivity contribution in [1.29, 1.82) is 0 Å². The van der Waals surface area contributed by atoms with Gasteiger partial charge in [0.05, 0.1) is 0 Å². The molecule has 2 atom stereocenters. The van der Waals surface area contributed by atoms with Crippen LogP contribution in [-0.4, -0.2) is 39.6 Å². The molecule has 2 N–H and O–H groups in total. The highest BCUT2D eigenvalue weighted by Gasteiger charge is 2.36. The minimum Gasteiger partial charge on any atom is -0.480 e. The topological polar surface area (TPSA) is 77.8 Å². The molecule has 1 amide bonds. The van der Waals surface area contributed by atoms with Crippen molar-refractivity contribution in [2.24, 2.45) is 0 Å². The zero-order chi connectivity index (χ0) is 13.1. The van der Waals surface area contributed by atoms with Gasteiger partial charge in [-0.3, -0.25) is 4.79 Å². The Bertz CT molecular complexity index is 446. The van der Waals surface area contributed by atoms with Crippen molar-refractivity contribution in [3.8, 4) is 0 Å². The molecule has 0 aliphatic carbocycles. The number of aliphatic hydroxyl groups excluding tert-OH is 1. The van der Waals surface area contributed by atoms with E-state index in [9.17, 15) is 14.7 Å². The molecule has 0 spiro atoms. The van der Waals surface area contributed by atoms with Crippen LogP contribution < -0.4 is 0 Å². The number of hydrogen-bond donors (Lipinski definition) is 2. The van der Waals surface area contributed by atoms with Crippen molar-refractivity contribution in [2.45, 2.75) is 25.0 Å². The predicted octanol–water partition coefficient (Wildman–Crippen LogP) is 0.796. The van der Waals surface area contributed by atoms with Crippen molar-refractivity contribution in [1.82, 2.24) is 4.90 Å². The first-order valence-electron chi connectivity index (χ1n) is 5.87. The van der Waals surface area contributed by atoms with Crippen LogP contribution in [0.25, 0.3) is 0 Å². The lowest BCUT2D eigenvalue weighted by molar-refractivity contribution is -0.152. The zero-order valence-electron chi connectivity index (χ0n) is 9.82. The minimum atomic E-state index is -1.29. The highest BCUT2D eigenvalue weighted by atomic mass is 16.4. The maximum absolute atomic E-state index is 12.1.